The number of methoxy groups -OCH3 is 1. The van der Waals surface area contributed by atoms with Crippen molar-refractivity contribution in [2.45, 2.75) is 32.5 Å². The highest BCUT2D eigenvalue weighted by molar-refractivity contribution is 6.10. The fourth-order valence-corrected chi connectivity index (χ4v) is 8.14. The fraction of sp³-hybridized carbons (Fsp3) is 0.279. The van der Waals surface area contributed by atoms with E-state index in [0.29, 0.717) is 77.7 Å². The molecular weight excluding hydrogens is 711 g/mol. The zero-order valence-electron chi connectivity index (χ0n) is 31.6. The second-order valence-electron chi connectivity index (χ2n) is 14.4. The van der Waals surface area contributed by atoms with Crippen LogP contribution in [0, 0.1) is 17.0 Å². The van der Waals surface area contributed by atoms with E-state index in [2.05, 4.69) is 32.5 Å². The zero-order chi connectivity index (χ0) is 38.9. The van der Waals surface area contributed by atoms with Crippen molar-refractivity contribution < 1.29 is 24.0 Å². The summed E-state index contributed by atoms with van der Waals surface area (Å²) in [5.74, 6) is 0.0698. The van der Waals surface area contributed by atoms with Gasteiger partial charge in [0.25, 0.3) is 17.5 Å². The number of morpholine rings is 1. The van der Waals surface area contributed by atoms with Crippen LogP contribution in [0.5, 0.6) is 5.75 Å². The van der Waals surface area contributed by atoms with E-state index >= 15 is 4.79 Å². The standard InChI is InChI=1S/C43H43N7O6/c1-27-39(42(51)44-23-31-9-6-7-11-38(31)55-3)40(29-12-13-30-24-45-46-37(30)21-29)41(47(27)2)36-22-33(50(53)54)14-15-35(36)43(52)49-25-32-10-5-4-8-28(32)20-34(49)26-48-16-18-56-19-17-48/h4-15,21-22,24,34H,16-20,23,25-26H2,1-3H3,(H,44,51)(H,45,46)/t34-/m0/s1. The Labute approximate surface area is 324 Å². The van der Waals surface area contributed by atoms with Crippen LogP contribution in [0.1, 0.15) is 43.1 Å². The molecule has 0 radical (unpaired) electrons. The van der Waals surface area contributed by atoms with Gasteiger partial charge in [-0.25, -0.2) is 0 Å². The first-order valence-corrected chi connectivity index (χ1v) is 18.7. The van der Waals surface area contributed by atoms with Crippen LogP contribution >= 0.6 is 0 Å². The number of aromatic amines is 1. The summed E-state index contributed by atoms with van der Waals surface area (Å²) in [5.41, 5.74) is 7.10. The van der Waals surface area contributed by atoms with Gasteiger partial charge in [0.05, 0.1) is 48.2 Å². The number of nitrogens with one attached hydrogen (secondary N) is 2. The van der Waals surface area contributed by atoms with Crippen LogP contribution in [0.2, 0.25) is 0 Å². The van der Waals surface area contributed by atoms with Crippen LogP contribution in [-0.4, -0.2) is 87.3 Å². The van der Waals surface area contributed by atoms with E-state index in [1.54, 1.807) is 19.4 Å². The first-order valence-electron chi connectivity index (χ1n) is 18.7. The Morgan fingerprint density at radius 1 is 1.02 bits per heavy atom. The van der Waals surface area contributed by atoms with Gasteiger partial charge in [-0.15, -0.1) is 0 Å². The molecule has 6 aromatic rings. The number of nitrogens with zero attached hydrogens (tertiary/aromatic N) is 5. The van der Waals surface area contributed by atoms with E-state index in [0.717, 1.165) is 35.1 Å². The number of nitro benzene ring substituents is 1. The van der Waals surface area contributed by atoms with Crippen LogP contribution < -0.4 is 10.1 Å². The van der Waals surface area contributed by atoms with Crippen molar-refractivity contribution >= 4 is 28.4 Å². The van der Waals surface area contributed by atoms with Gasteiger partial charge in [-0.1, -0.05) is 54.6 Å². The molecule has 4 aromatic carbocycles. The minimum Gasteiger partial charge on any atom is -0.496 e. The van der Waals surface area contributed by atoms with Gasteiger partial charge in [-0.2, -0.15) is 5.10 Å². The number of rotatable bonds is 10. The lowest BCUT2D eigenvalue weighted by Gasteiger charge is -2.40. The summed E-state index contributed by atoms with van der Waals surface area (Å²) in [6, 6.07) is 25.7. The second-order valence-corrected chi connectivity index (χ2v) is 14.4. The van der Waals surface area contributed by atoms with Crippen LogP contribution in [0.15, 0.2) is 91.1 Å². The van der Waals surface area contributed by atoms with Crippen molar-refractivity contribution in [1.82, 2.24) is 29.9 Å². The number of para-hydroxylation sites is 1. The average Bonchev–Trinajstić information content (AvgIpc) is 3.80. The lowest BCUT2D eigenvalue weighted by atomic mass is 9.90. The Morgan fingerprint density at radius 2 is 1.79 bits per heavy atom. The molecule has 0 bridgehead atoms. The summed E-state index contributed by atoms with van der Waals surface area (Å²) < 4.78 is 13.0. The predicted molar refractivity (Wildman–Crippen MR) is 213 cm³/mol. The number of amides is 2. The Bertz CT molecular complexity index is 2460. The molecule has 1 fully saturated rings. The van der Waals surface area contributed by atoms with E-state index in [9.17, 15) is 14.9 Å². The summed E-state index contributed by atoms with van der Waals surface area (Å²) in [5, 5.41) is 23.6. The molecular formula is C43H43N7O6. The predicted octanol–water partition coefficient (Wildman–Crippen LogP) is 6.29. The number of fused-ring (bicyclic) bond motifs is 2. The van der Waals surface area contributed by atoms with Gasteiger partial charge in [0.15, 0.2) is 0 Å². The third kappa shape index (κ3) is 6.91. The molecule has 13 nitrogen and oxygen atoms in total. The van der Waals surface area contributed by atoms with E-state index < -0.39 is 4.92 Å². The molecule has 2 N–H and O–H groups in total. The van der Waals surface area contributed by atoms with Crippen LogP contribution in [0.4, 0.5) is 5.69 Å². The van der Waals surface area contributed by atoms with E-state index in [1.807, 2.05) is 78.0 Å². The second kappa shape index (κ2) is 15.4. The van der Waals surface area contributed by atoms with Gasteiger partial charge in [0.2, 0.25) is 0 Å². The number of hydrogen-bond donors (Lipinski definition) is 2. The molecule has 4 heterocycles. The van der Waals surface area contributed by atoms with Crippen molar-refractivity contribution in [2.24, 2.45) is 7.05 Å². The highest BCUT2D eigenvalue weighted by Gasteiger charge is 2.35. The van der Waals surface area contributed by atoms with E-state index in [1.165, 1.54) is 17.7 Å². The number of H-pyrrole nitrogens is 1. The van der Waals surface area contributed by atoms with Crippen LogP contribution in [-0.2, 0) is 31.3 Å². The first-order chi connectivity index (χ1) is 27.2. The van der Waals surface area contributed by atoms with Gasteiger partial charge >= 0.3 is 0 Å². The molecule has 0 spiro atoms. The van der Waals surface area contributed by atoms with Gasteiger partial charge in [0, 0.05) is 91.3 Å². The number of aromatic nitrogens is 3. The molecule has 2 amide bonds. The Balaban J connectivity index is 1.28. The molecule has 1 saturated heterocycles. The maximum atomic E-state index is 15.2. The molecule has 8 rings (SSSR count). The van der Waals surface area contributed by atoms with Gasteiger partial charge < -0.3 is 24.3 Å². The molecule has 0 saturated carbocycles. The number of benzene rings is 4. The van der Waals surface area contributed by atoms with Crippen molar-refractivity contribution in [3.63, 3.8) is 0 Å². The molecule has 0 aliphatic carbocycles. The molecule has 1 atom stereocenters. The number of hydrogen-bond acceptors (Lipinski definition) is 8. The molecule has 2 aliphatic heterocycles. The number of nitro groups is 1. The van der Waals surface area contributed by atoms with Crippen LogP contribution in [0.3, 0.4) is 0 Å². The number of ether oxygens (including phenoxy) is 2. The lowest BCUT2D eigenvalue weighted by molar-refractivity contribution is -0.384. The minimum absolute atomic E-state index is 0.146. The largest absolute Gasteiger partial charge is 0.496 e. The summed E-state index contributed by atoms with van der Waals surface area (Å²) in [7, 11) is 3.41. The number of carbonyl (C=O) groups is 2. The van der Waals surface area contributed by atoms with Crippen molar-refractivity contribution in [3.8, 4) is 28.1 Å². The Morgan fingerprint density at radius 3 is 2.57 bits per heavy atom. The molecule has 0 unspecified atom stereocenters. The van der Waals surface area contributed by atoms with Crippen molar-refractivity contribution in [3.05, 3.63) is 135 Å². The quantitative estimate of drug-likeness (QED) is 0.123. The third-order valence-electron chi connectivity index (χ3n) is 11.2. The van der Waals surface area contributed by atoms with Crippen molar-refractivity contribution in [1.29, 1.82) is 0 Å². The molecule has 286 valence electrons. The lowest BCUT2D eigenvalue weighted by Crippen LogP contribution is -2.52. The molecule has 56 heavy (non-hydrogen) atoms. The molecule has 2 aromatic heterocycles. The van der Waals surface area contributed by atoms with E-state index in [4.69, 9.17) is 9.47 Å². The topological polar surface area (TPSA) is 148 Å². The fourth-order valence-electron chi connectivity index (χ4n) is 8.14. The zero-order valence-corrected chi connectivity index (χ0v) is 31.6. The summed E-state index contributed by atoms with van der Waals surface area (Å²) in [6.45, 7) is 5.94. The maximum Gasteiger partial charge on any atom is 0.270 e. The average molecular weight is 754 g/mol. The molecule has 13 heteroatoms. The van der Waals surface area contributed by atoms with Gasteiger partial charge in [-0.3, -0.25) is 29.7 Å². The summed E-state index contributed by atoms with van der Waals surface area (Å²) >= 11 is 0. The highest BCUT2D eigenvalue weighted by atomic mass is 16.6. The first kappa shape index (κ1) is 36.7. The SMILES string of the molecule is COc1ccccc1CNC(=O)c1c(-c2ccc3cn[nH]c3c2)c(-c2cc([N+](=O)[O-])ccc2C(=O)N2Cc3ccccc3C[C@H]2CN2CCOCC2)n(C)c1C. The normalized spacial score (nSPS) is 15.8. The summed E-state index contributed by atoms with van der Waals surface area (Å²) in [6.07, 6.45) is 2.40. The van der Waals surface area contributed by atoms with Crippen LogP contribution in [0.25, 0.3) is 33.3 Å². The monoisotopic (exact) mass is 753 g/mol. The number of non-ortho nitro benzene ring substituents is 1. The van der Waals surface area contributed by atoms with Gasteiger partial charge in [-0.05, 0) is 48.2 Å². The Kier molecular flexibility index (Phi) is 10.1. The van der Waals surface area contributed by atoms with E-state index in [-0.39, 0.29) is 30.1 Å². The smallest absolute Gasteiger partial charge is 0.270 e. The third-order valence-corrected chi connectivity index (χ3v) is 11.2. The van der Waals surface area contributed by atoms with Crippen molar-refractivity contribution in [2.75, 3.05) is 40.0 Å². The molecule has 2 aliphatic rings. The maximum absolute atomic E-state index is 15.2. The van der Waals surface area contributed by atoms with Gasteiger partial charge in [0.1, 0.15) is 5.75 Å². The Hall–Kier alpha value is -6.31. The summed E-state index contributed by atoms with van der Waals surface area (Å²) in [4.78, 5) is 45.8. The number of carbonyl (C=O) groups excluding carboxylic acids is 2. The highest BCUT2D eigenvalue weighted by Crippen LogP contribution is 2.43. The minimum atomic E-state index is -0.455.